The van der Waals surface area contributed by atoms with Crippen molar-refractivity contribution in [1.82, 2.24) is 19.7 Å². The molecule has 0 amide bonds. The van der Waals surface area contributed by atoms with Gasteiger partial charge in [0.05, 0.1) is 24.1 Å². The summed E-state index contributed by atoms with van der Waals surface area (Å²) in [5.74, 6) is 2.04. The summed E-state index contributed by atoms with van der Waals surface area (Å²) < 4.78 is 13.0. The van der Waals surface area contributed by atoms with E-state index in [1.807, 2.05) is 66.9 Å². The van der Waals surface area contributed by atoms with Crippen molar-refractivity contribution in [2.75, 3.05) is 7.11 Å². The van der Waals surface area contributed by atoms with Gasteiger partial charge in [-0.2, -0.15) is 4.98 Å². The van der Waals surface area contributed by atoms with Crippen LogP contribution in [0.3, 0.4) is 0 Å². The van der Waals surface area contributed by atoms with Gasteiger partial charge in [0, 0.05) is 11.6 Å². The smallest absolute Gasteiger partial charge is 0.276 e. The lowest BCUT2D eigenvalue weighted by Crippen LogP contribution is -2.20. The van der Waals surface area contributed by atoms with Crippen LogP contribution in [-0.4, -0.2) is 26.8 Å². The van der Waals surface area contributed by atoms with E-state index in [0.29, 0.717) is 44.3 Å². The number of fused-ring (bicyclic) bond motifs is 1. The molecule has 0 spiro atoms. The number of methoxy groups -OCH3 is 1. The van der Waals surface area contributed by atoms with Gasteiger partial charge in [-0.15, -0.1) is 11.3 Å². The van der Waals surface area contributed by atoms with Crippen LogP contribution in [0.5, 0.6) is 5.75 Å². The summed E-state index contributed by atoms with van der Waals surface area (Å²) in [5, 5.41) is 6.50. The second-order valence-electron chi connectivity index (χ2n) is 7.04. The van der Waals surface area contributed by atoms with Gasteiger partial charge in [-0.3, -0.25) is 9.36 Å². The minimum atomic E-state index is -0.119. The van der Waals surface area contributed by atoms with Crippen LogP contribution in [-0.2, 0) is 5.75 Å². The predicted octanol–water partition coefficient (Wildman–Crippen LogP) is 5.11. The molecule has 0 bridgehead atoms. The molecule has 5 rings (SSSR count). The fourth-order valence-electron chi connectivity index (χ4n) is 3.23. The fourth-order valence-corrected chi connectivity index (χ4v) is 4.84. The number of aromatic nitrogens is 4. The summed E-state index contributed by atoms with van der Waals surface area (Å²) in [6, 6.07) is 17.1. The van der Waals surface area contributed by atoms with E-state index in [2.05, 4.69) is 10.1 Å². The molecule has 0 radical (unpaired) electrons. The summed E-state index contributed by atoms with van der Waals surface area (Å²) in [7, 11) is 1.60. The molecule has 32 heavy (non-hydrogen) atoms. The third kappa shape index (κ3) is 3.92. The molecule has 0 atom stereocenters. The molecule has 0 aliphatic carbocycles. The molecule has 0 aliphatic rings. The maximum Gasteiger partial charge on any atom is 0.276 e. The molecule has 0 aliphatic heterocycles. The second-order valence-corrected chi connectivity index (χ2v) is 8.90. The molecule has 160 valence electrons. The Hall–Kier alpha value is -3.43. The van der Waals surface area contributed by atoms with Gasteiger partial charge < -0.3 is 9.26 Å². The average molecular weight is 463 g/mol. The Kier molecular flexibility index (Phi) is 5.50. The van der Waals surface area contributed by atoms with E-state index in [9.17, 15) is 4.79 Å². The first-order valence-electron chi connectivity index (χ1n) is 9.79. The van der Waals surface area contributed by atoms with E-state index in [4.69, 9.17) is 14.2 Å². The summed E-state index contributed by atoms with van der Waals surface area (Å²) in [4.78, 5) is 22.5. The quantitative estimate of drug-likeness (QED) is 0.256. The average Bonchev–Trinajstić information content (AvgIpc) is 3.48. The third-order valence-electron chi connectivity index (χ3n) is 4.86. The minimum Gasteiger partial charge on any atom is -0.497 e. The summed E-state index contributed by atoms with van der Waals surface area (Å²) in [6.45, 7) is 2.03. The van der Waals surface area contributed by atoms with E-state index in [-0.39, 0.29) is 5.56 Å². The Morgan fingerprint density at radius 1 is 1.12 bits per heavy atom. The summed E-state index contributed by atoms with van der Waals surface area (Å²) >= 11 is 2.75. The van der Waals surface area contributed by atoms with Gasteiger partial charge in [0.25, 0.3) is 5.56 Å². The van der Waals surface area contributed by atoms with Crippen LogP contribution in [0, 0.1) is 6.92 Å². The van der Waals surface area contributed by atoms with Gasteiger partial charge >= 0.3 is 0 Å². The molecule has 7 nitrogen and oxygen atoms in total. The number of ether oxygens (including phenoxy) is 1. The Morgan fingerprint density at radius 3 is 2.78 bits per heavy atom. The van der Waals surface area contributed by atoms with Crippen LogP contribution in [0.25, 0.3) is 27.3 Å². The van der Waals surface area contributed by atoms with Crippen molar-refractivity contribution in [2.45, 2.75) is 17.8 Å². The van der Waals surface area contributed by atoms with Crippen molar-refractivity contribution in [3.63, 3.8) is 0 Å². The largest absolute Gasteiger partial charge is 0.497 e. The molecular weight excluding hydrogens is 444 g/mol. The van der Waals surface area contributed by atoms with Crippen molar-refractivity contribution < 1.29 is 9.26 Å². The highest BCUT2D eigenvalue weighted by Gasteiger charge is 2.17. The SMILES string of the molecule is COc1cccc(-n2c(SCc3nc(-c4ccc(C)cc4)no3)nc3ccsc3c2=O)c1. The molecule has 3 heterocycles. The van der Waals surface area contributed by atoms with Gasteiger partial charge in [-0.1, -0.05) is 52.8 Å². The highest BCUT2D eigenvalue weighted by molar-refractivity contribution is 7.98. The maximum atomic E-state index is 13.3. The molecule has 0 N–H and O–H groups in total. The van der Waals surface area contributed by atoms with Crippen LogP contribution in [0.15, 0.2) is 74.5 Å². The van der Waals surface area contributed by atoms with Crippen molar-refractivity contribution in [2.24, 2.45) is 0 Å². The lowest BCUT2D eigenvalue weighted by molar-refractivity contribution is 0.391. The van der Waals surface area contributed by atoms with E-state index in [0.717, 1.165) is 5.56 Å². The highest BCUT2D eigenvalue weighted by Crippen LogP contribution is 2.27. The predicted molar refractivity (Wildman–Crippen MR) is 126 cm³/mol. The topological polar surface area (TPSA) is 83.0 Å². The molecule has 5 aromatic rings. The number of benzene rings is 2. The lowest BCUT2D eigenvalue weighted by Gasteiger charge is -2.12. The molecule has 9 heteroatoms. The van der Waals surface area contributed by atoms with Crippen LogP contribution in [0.4, 0.5) is 0 Å². The number of rotatable bonds is 6. The van der Waals surface area contributed by atoms with Crippen molar-refractivity contribution >= 4 is 33.3 Å². The second kappa shape index (κ2) is 8.60. The Labute approximate surface area is 191 Å². The molecule has 0 saturated heterocycles. The van der Waals surface area contributed by atoms with Crippen LogP contribution in [0.1, 0.15) is 11.5 Å². The molecule has 3 aromatic heterocycles. The van der Waals surface area contributed by atoms with Gasteiger partial charge in [0.1, 0.15) is 10.4 Å². The van der Waals surface area contributed by atoms with Gasteiger partial charge in [-0.25, -0.2) is 4.98 Å². The number of thiophene rings is 1. The lowest BCUT2D eigenvalue weighted by atomic mass is 10.1. The Balaban J connectivity index is 1.49. The first kappa shape index (κ1) is 20.5. The summed E-state index contributed by atoms with van der Waals surface area (Å²) in [6.07, 6.45) is 0. The number of hydrogen-bond donors (Lipinski definition) is 0. The first-order valence-corrected chi connectivity index (χ1v) is 11.7. The van der Waals surface area contributed by atoms with Crippen molar-refractivity contribution in [1.29, 1.82) is 0 Å². The van der Waals surface area contributed by atoms with Crippen molar-refractivity contribution in [3.05, 3.63) is 81.8 Å². The normalized spacial score (nSPS) is 11.2. The van der Waals surface area contributed by atoms with Gasteiger partial charge in [0.15, 0.2) is 5.16 Å². The number of hydrogen-bond acceptors (Lipinski definition) is 8. The minimum absolute atomic E-state index is 0.119. The van der Waals surface area contributed by atoms with Crippen LogP contribution >= 0.6 is 23.1 Å². The molecule has 0 unspecified atom stereocenters. The standard InChI is InChI=1S/C23H18N4O3S2/c1-14-6-8-15(9-7-14)21-25-19(30-26-21)13-32-23-24-18-10-11-31-20(18)22(28)27(23)16-4-3-5-17(12-16)29-2/h3-12H,13H2,1-2H3. The van der Waals surface area contributed by atoms with Crippen LogP contribution < -0.4 is 10.3 Å². The van der Waals surface area contributed by atoms with Gasteiger partial charge in [0.2, 0.25) is 11.7 Å². The van der Waals surface area contributed by atoms with Crippen LogP contribution in [0.2, 0.25) is 0 Å². The molecule has 0 fully saturated rings. The van der Waals surface area contributed by atoms with E-state index < -0.39 is 0 Å². The molecule has 2 aromatic carbocycles. The number of nitrogens with zero attached hydrogens (tertiary/aromatic N) is 4. The monoisotopic (exact) mass is 462 g/mol. The fraction of sp³-hybridized carbons (Fsp3) is 0.130. The van der Waals surface area contributed by atoms with E-state index in [1.54, 1.807) is 11.7 Å². The van der Waals surface area contributed by atoms with Gasteiger partial charge in [-0.05, 0) is 30.5 Å². The molecule has 0 saturated carbocycles. The molecular formula is C23H18N4O3S2. The highest BCUT2D eigenvalue weighted by atomic mass is 32.2. The zero-order valence-electron chi connectivity index (χ0n) is 17.3. The number of thioether (sulfide) groups is 1. The first-order chi connectivity index (χ1) is 15.6. The Morgan fingerprint density at radius 2 is 1.97 bits per heavy atom. The van der Waals surface area contributed by atoms with E-state index in [1.165, 1.54) is 28.7 Å². The zero-order valence-corrected chi connectivity index (χ0v) is 18.9. The maximum absolute atomic E-state index is 13.3. The Bertz CT molecular complexity index is 1450. The zero-order chi connectivity index (χ0) is 22.1. The van der Waals surface area contributed by atoms with E-state index >= 15 is 0 Å². The third-order valence-corrected chi connectivity index (χ3v) is 6.68. The number of aryl methyl sites for hydroxylation is 1. The summed E-state index contributed by atoms with van der Waals surface area (Å²) in [5.41, 5.74) is 3.30. The van der Waals surface area contributed by atoms with Crippen molar-refractivity contribution in [3.8, 4) is 22.8 Å².